The average Bonchev–Trinajstić information content (AvgIpc) is 2.52. The summed E-state index contributed by atoms with van der Waals surface area (Å²) in [5.74, 6) is -1.32. The van der Waals surface area contributed by atoms with Gasteiger partial charge in [0.1, 0.15) is 17.3 Å². The van der Waals surface area contributed by atoms with Crippen molar-refractivity contribution in [2.45, 2.75) is 0 Å². The van der Waals surface area contributed by atoms with E-state index >= 15 is 0 Å². The Labute approximate surface area is 133 Å². The molecule has 22 heavy (non-hydrogen) atoms. The average molecular weight is 369 g/mol. The van der Waals surface area contributed by atoms with E-state index in [1.807, 2.05) is 0 Å². The third-order valence-corrected chi connectivity index (χ3v) is 2.98. The van der Waals surface area contributed by atoms with E-state index in [4.69, 9.17) is 4.74 Å². The molecule has 1 aromatic carbocycles. The van der Waals surface area contributed by atoms with Gasteiger partial charge in [0.15, 0.2) is 6.61 Å². The highest BCUT2D eigenvalue weighted by atomic mass is 79.9. The van der Waals surface area contributed by atoms with Crippen LogP contribution < -0.4 is 15.6 Å². The fourth-order valence-corrected chi connectivity index (χ4v) is 1.84. The van der Waals surface area contributed by atoms with Gasteiger partial charge in [-0.2, -0.15) is 0 Å². The van der Waals surface area contributed by atoms with E-state index in [1.165, 1.54) is 36.8 Å². The molecule has 2 aromatic rings. The molecule has 0 aliphatic heterocycles. The van der Waals surface area contributed by atoms with Crippen molar-refractivity contribution in [3.05, 3.63) is 52.8 Å². The van der Waals surface area contributed by atoms with Crippen molar-refractivity contribution >= 4 is 27.7 Å². The van der Waals surface area contributed by atoms with Gasteiger partial charge in [-0.3, -0.25) is 25.4 Å². The summed E-state index contributed by atoms with van der Waals surface area (Å²) in [6.07, 6.45) is 4.03. The highest BCUT2D eigenvalue weighted by Crippen LogP contribution is 2.25. The third-order valence-electron chi connectivity index (χ3n) is 2.36. The van der Waals surface area contributed by atoms with Gasteiger partial charge in [-0.05, 0) is 34.1 Å². The maximum atomic E-state index is 12.9. The highest BCUT2D eigenvalue weighted by molar-refractivity contribution is 9.10. The molecule has 114 valence electrons. The van der Waals surface area contributed by atoms with E-state index in [9.17, 15) is 14.0 Å². The molecule has 0 fully saturated rings. The number of carbonyl (C=O) groups is 2. The number of benzene rings is 1. The molecule has 9 heteroatoms. The molecule has 7 nitrogen and oxygen atoms in total. The SMILES string of the molecule is O=C(COc1ccc(F)cc1Br)NNC(=O)c1cnccn1. The first-order valence-electron chi connectivity index (χ1n) is 5.99. The first-order chi connectivity index (χ1) is 10.6. The highest BCUT2D eigenvalue weighted by Gasteiger charge is 2.10. The summed E-state index contributed by atoms with van der Waals surface area (Å²) >= 11 is 3.11. The van der Waals surface area contributed by atoms with Gasteiger partial charge >= 0.3 is 0 Å². The number of nitrogens with one attached hydrogen (secondary N) is 2. The van der Waals surface area contributed by atoms with Crippen LogP contribution in [0.3, 0.4) is 0 Å². The summed E-state index contributed by atoms with van der Waals surface area (Å²) < 4.78 is 18.5. The van der Waals surface area contributed by atoms with Crippen molar-refractivity contribution in [1.29, 1.82) is 0 Å². The number of hydrazine groups is 1. The number of aromatic nitrogens is 2. The van der Waals surface area contributed by atoms with Gasteiger partial charge in [0.2, 0.25) is 0 Å². The minimum atomic E-state index is -0.607. The van der Waals surface area contributed by atoms with Crippen LogP contribution in [0.1, 0.15) is 10.5 Å². The van der Waals surface area contributed by atoms with Crippen molar-refractivity contribution in [2.75, 3.05) is 6.61 Å². The third kappa shape index (κ3) is 4.48. The van der Waals surface area contributed by atoms with Crippen LogP contribution in [0.25, 0.3) is 0 Å². The van der Waals surface area contributed by atoms with E-state index in [0.29, 0.717) is 10.2 Å². The Bertz CT molecular complexity index is 684. The van der Waals surface area contributed by atoms with Crippen LogP contribution in [0, 0.1) is 5.82 Å². The summed E-state index contributed by atoms with van der Waals surface area (Å²) in [4.78, 5) is 30.7. The van der Waals surface area contributed by atoms with Gasteiger partial charge in [-0.25, -0.2) is 9.37 Å². The number of halogens is 2. The van der Waals surface area contributed by atoms with Crippen LogP contribution >= 0.6 is 15.9 Å². The minimum absolute atomic E-state index is 0.0602. The Morgan fingerprint density at radius 1 is 1.27 bits per heavy atom. The molecule has 0 unspecified atom stereocenters. The summed E-state index contributed by atoms with van der Waals surface area (Å²) in [7, 11) is 0. The van der Waals surface area contributed by atoms with E-state index < -0.39 is 17.6 Å². The standard InChI is InChI=1S/C13H10BrFN4O3/c14-9-5-8(15)1-2-11(9)22-7-12(20)18-19-13(21)10-6-16-3-4-17-10/h1-6H,7H2,(H,18,20)(H,19,21). The summed E-state index contributed by atoms with van der Waals surface area (Å²) in [5.41, 5.74) is 4.39. The second-order valence-corrected chi connectivity index (χ2v) is 4.81. The van der Waals surface area contributed by atoms with Gasteiger partial charge in [-0.1, -0.05) is 0 Å². The van der Waals surface area contributed by atoms with E-state index in [-0.39, 0.29) is 12.3 Å². The van der Waals surface area contributed by atoms with Crippen LogP contribution in [0.15, 0.2) is 41.3 Å². The number of hydrogen-bond donors (Lipinski definition) is 2. The smallest absolute Gasteiger partial charge is 0.289 e. The Morgan fingerprint density at radius 3 is 2.77 bits per heavy atom. The van der Waals surface area contributed by atoms with Crippen molar-refractivity contribution in [3.8, 4) is 5.75 Å². The lowest BCUT2D eigenvalue weighted by molar-refractivity contribution is -0.123. The number of amides is 2. The lowest BCUT2D eigenvalue weighted by Crippen LogP contribution is -2.44. The molecule has 0 aliphatic carbocycles. The predicted molar refractivity (Wildman–Crippen MR) is 77.2 cm³/mol. The zero-order chi connectivity index (χ0) is 15.9. The number of hydrogen-bond acceptors (Lipinski definition) is 5. The van der Waals surface area contributed by atoms with Crippen molar-refractivity contribution in [2.24, 2.45) is 0 Å². The molecule has 2 amide bonds. The second-order valence-electron chi connectivity index (χ2n) is 3.96. The summed E-state index contributed by atoms with van der Waals surface area (Å²) in [6, 6.07) is 3.79. The Morgan fingerprint density at radius 2 is 2.09 bits per heavy atom. The van der Waals surface area contributed by atoms with Gasteiger partial charge < -0.3 is 4.74 Å². The zero-order valence-corrected chi connectivity index (χ0v) is 12.6. The Hall–Kier alpha value is -2.55. The normalized spacial score (nSPS) is 9.91. The number of rotatable bonds is 4. The molecule has 1 aromatic heterocycles. The molecular weight excluding hydrogens is 359 g/mol. The summed E-state index contributed by atoms with van der Waals surface area (Å²) in [5, 5.41) is 0. The van der Waals surface area contributed by atoms with Crippen LogP contribution in [-0.4, -0.2) is 28.4 Å². The molecule has 1 heterocycles. The quantitative estimate of drug-likeness (QED) is 0.791. The molecule has 0 radical (unpaired) electrons. The van der Waals surface area contributed by atoms with E-state index in [0.717, 1.165) is 0 Å². The van der Waals surface area contributed by atoms with E-state index in [2.05, 4.69) is 36.7 Å². The van der Waals surface area contributed by atoms with Gasteiger partial charge in [0.05, 0.1) is 10.7 Å². The molecule has 2 N–H and O–H groups in total. The number of ether oxygens (including phenoxy) is 1. The summed E-state index contributed by atoms with van der Waals surface area (Å²) in [6.45, 7) is -0.356. The Kier molecular flexibility index (Phi) is 5.37. The molecule has 0 bridgehead atoms. The van der Waals surface area contributed by atoms with Crippen molar-refractivity contribution in [3.63, 3.8) is 0 Å². The molecule has 2 rings (SSSR count). The molecule has 0 atom stereocenters. The van der Waals surface area contributed by atoms with Gasteiger partial charge in [0, 0.05) is 12.4 Å². The molecule has 0 saturated heterocycles. The second kappa shape index (κ2) is 7.46. The Balaban J connectivity index is 1.80. The van der Waals surface area contributed by atoms with Crippen LogP contribution in [0.5, 0.6) is 5.75 Å². The minimum Gasteiger partial charge on any atom is -0.483 e. The maximum Gasteiger partial charge on any atom is 0.289 e. The number of carbonyl (C=O) groups excluding carboxylic acids is 2. The number of nitrogens with zero attached hydrogens (tertiary/aromatic N) is 2. The van der Waals surface area contributed by atoms with Gasteiger partial charge in [0.25, 0.3) is 11.8 Å². The van der Waals surface area contributed by atoms with Crippen LogP contribution in [0.2, 0.25) is 0 Å². The first-order valence-corrected chi connectivity index (χ1v) is 6.78. The lowest BCUT2D eigenvalue weighted by atomic mass is 10.3. The van der Waals surface area contributed by atoms with Crippen molar-refractivity contribution < 1.29 is 18.7 Å². The van der Waals surface area contributed by atoms with Crippen LogP contribution in [-0.2, 0) is 4.79 Å². The fraction of sp³-hybridized carbons (Fsp3) is 0.0769. The van der Waals surface area contributed by atoms with Crippen molar-refractivity contribution in [1.82, 2.24) is 20.8 Å². The predicted octanol–water partition coefficient (Wildman–Crippen LogP) is 1.22. The van der Waals surface area contributed by atoms with Crippen LogP contribution in [0.4, 0.5) is 4.39 Å². The molecule has 0 aliphatic rings. The fourth-order valence-electron chi connectivity index (χ4n) is 1.38. The monoisotopic (exact) mass is 368 g/mol. The molecule has 0 spiro atoms. The zero-order valence-electron chi connectivity index (χ0n) is 11.0. The molecular formula is C13H10BrFN4O3. The van der Waals surface area contributed by atoms with E-state index in [1.54, 1.807) is 0 Å². The maximum absolute atomic E-state index is 12.9. The van der Waals surface area contributed by atoms with Gasteiger partial charge in [-0.15, -0.1) is 0 Å². The molecule has 0 saturated carbocycles. The first kappa shape index (κ1) is 15.8. The lowest BCUT2D eigenvalue weighted by Gasteiger charge is -2.09. The largest absolute Gasteiger partial charge is 0.483 e. The topological polar surface area (TPSA) is 93.2 Å².